The second-order valence-electron chi connectivity index (χ2n) is 5.51. The molecule has 1 aliphatic rings. The monoisotopic (exact) mass is 345 g/mol. The Morgan fingerprint density at radius 2 is 1.91 bits per heavy atom. The molecule has 0 spiro atoms. The fourth-order valence-corrected chi connectivity index (χ4v) is 3.53. The molecule has 1 nitrogen and oxygen atoms in total. The van der Waals surface area contributed by atoms with Crippen LogP contribution in [0.4, 0.5) is 14.5 Å². The quantitative estimate of drug-likeness (QED) is 0.406. The van der Waals surface area contributed by atoms with Crippen molar-refractivity contribution in [2.75, 3.05) is 0 Å². The van der Waals surface area contributed by atoms with Gasteiger partial charge in [0.2, 0.25) is 0 Å². The number of isothiocyanates is 1. The van der Waals surface area contributed by atoms with Crippen molar-refractivity contribution in [2.45, 2.75) is 25.7 Å². The zero-order valence-corrected chi connectivity index (χ0v) is 13.9. The number of rotatable bonds is 3. The lowest BCUT2D eigenvalue weighted by Gasteiger charge is -2.24. The molecule has 0 unspecified atom stereocenters. The number of hydrogen-bond acceptors (Lipinski definition) is 3. The summed E-state index contributed by atoms with van der Waals surface area (Å²) in [7, 11) is 0. The van der Waals surface area contributed by atoms with Gasteiger partial charge in [-0.05, 0) is 48.8 Å². The van der Waals surface area contributed by atoms with Crippen LogP contribution in [-0.4, -0.2) is 5.16 Å². The fourth-order valence-electron chi connectivity index (χ4n) is 2.46. The highest BCUT2D eigenvalue weighted by molar-refractivity contribution is 7.78. The van der Waals surface area contributed by atoms with Crippen LogP contribution in [0.25, 0.3) is 0 Å². The van der Waals surface area contributed by atoms with Crippen molar-refractivity contribution in [3.05, 3.63) is 51.2 Å². The average Bonchev–Trinajstić information content (AvgIpc) is 2.92. The van der Waals surface area contributed by atoms with E-state index in [9.17, 15) is 8.78 Å². The van der Waals surface area contributed by atoms with E-state index in [0.717, 1.165) is 29.3 Å². The maximum absolute atomic E-state index is 13.7. The van der Waals surface area contributed by atoms with Gasteiger partial charge in [0.25, 0.3) is 0 Å². The highest BCUT2D eigenvalue weighted by atomic mass is 32.1. The average molecular weight is 345 g/mol. The van der Waals surface area contributed by atoms with Gasteiger partial charge in [-0.3, -0.25) is 0 Å². The summed E-state index contributed by atoms with van der Waals surface area (Å²) in [6, 6.07) is 6.36. The van der Waals surface area contributed by atoms with E-state index in [1.165, 1.54) is 24.1 Å². The molecule has 1 aliphatic carbocycles. The maximum Gasteiger partial charge on any atom is 0.153 e. The van der Waals surface area contributed by atoms with E-state index in [1.807, 2.05) is 11.2 Å². The molecule has 1 saturated carbocycles. The Morgan fingerprint density at radius 1 is 1.17 bits per heavy atom. The van der Waals surface area contributed by atoms with Crippen LogP contribution in [-0.2, 0) is 6.42 Å². The lowest BCUT2D eigenvalue weighted by molar-refractivity contribution is 0.316. The van der Waals surface area contributed by atoms with Crippen molar-refractivity contribution in [3.63, 3.8) is 0 Å². The van der Waals surface area contributed by atoms with Gasteiger partial charge in [-0.15, -0.1) is 11.3 Å². The minimum atomic E-state index is -0.788. The zero-order valence-electron chi connectivity index (χ0n) is 12.2. The summed E-state index contributed by atoms with van der Waals surface area (Å²) in [5.41, 5.74) is -0.151. The smallest absolute Gasteiger partial charge is 0.153 e. The first-order valence-corrected chi connectivity index (χ1v) is 8.56. The summed E-state index contributed by atoms with van der Waals surface area (Å²) in [6.45, 7) is 0. The van der Waals surface area contributed by atoms with Gasteiger partial charge >= 0.3 is 0 Å². The molecule has 0 radical (unpaired) electrons. The molecular formula is C18H13F2NS2. The van der Waals surface area contributed by atoms with Gasteiger partial charge in [-0.2, -0.15) is 4.99 Å². The Balaban J connectivity index is 1.77. The molecule has 0 N–H and O–H groups in total. The second kappa shape index (κ2) is 7.14. The third-order valence-corrected chi connectivity index (χ3v) is 4.99. The SMILES string of the molecule is Fc1cc(C#Cc2ccc(CC3CCC3)s2)cc(F)c1N=C=S. The van der Waals surface area contributed by atoms with Gasteiger partial charge in [0.15, 0.2) is 11.6 Å². The molecule has 23 heavy (non-hydrogen) atoms. The molecule has 0 atom stereocenters. The number of nitrogens with zero attached hydrogens (tertiary/aromatic N) is 1. The topological polar surface area (TPSA) is 12.4 Å². The van der Waals surface area contributed by atoms with Crippen molar-refractivity contribution in [3.8, 4) is 11.8 Å². The largest absolute Gasteiger partial charge is 0.204 e. The van der Waals surface area contributed by atoms with Crippen molar-refractivity contribution >= 4 is 34.4 Å². The molecule has 1 fully saturated rings. The Labute approximate surface area is 143 Å². The Hall–Kier alpha value is -1.86. The van der Waals surface area contributed by atoms with E-state index in [2.05, 4.69) is 35.1 Å². The first kappa shape index (κ1) is 16.0. The van der Waals surface area contributed by atoms with Gasteiger partial charge in [0.1, 0.15) is 5.69 Å². The lowest BCUT2D eigenvalue weighted by atomic mass is 9.83. The maximum atomic E-state index is 13.7. The third-order valence-electron chi connectivity index (χ3n) is 3.88. The molecule has 0 amide bonds. The first-order chi connectivity index (χ1) is 11.2. The highest BCUT2D eigenvalue weighted by Gasteiger charge is 2.18. The van der Waals surface area contributed by atoms with Crippen LogP contribution < -0.4 is 0 Å². The second-order valence-corrected chi connectivity index (χ2v) is 6.86. The summed E-state index contributed by atoms with van der Waals surface area (Å²) in [5, 5.41) is 1.96. The van der Waals surface area contributed by atoms with Crippen molar-refractivity contribution < 1.29 is 8.78 Å². The normalized spacial score (nSPS) is 13.7. The standard InChI is InChI=1S/C18H13F2NS2/c19-16-9-13(10-17(20)18(16)21-11-22)4-5-14-6-7-15(23-14)8-12-2-1-3-12/h6-7,9-10,12H,1-3,8H2. The fraction of sp³-hybridized carbons (Fsp3) is 0.278. The van der Waals surface area contributed by atoms with Crippen molar-refractivity contribution in [2.24, 2.45) is 10.9 Å². The van der Waals surface area contributed by atoms with Crippen LogP contribution in [0.2, 0.25) is 0 Å². The summed E-state index contributed by atoms with van der Waals surface area (Å²) in [6.07, 6.45) is 5.07. The Kier molecular flexibility index (Phi) is 4.97. The van der Waals surface area contributed by atoms with E-state index in [4.69, 9.17) is 0 Å². The summed E-state index contributed by atoms with van der Waals surface area (Å²) in [4.78, 5) is 5.60. The van der Waals surface area contributed by atoms with Gasteiger partial charge < -0.3 is 0 Å². The van der Waals surface area contributed by atoms with Crippen LogP contribution in [0.3, 0.4) is 0 Å². The summed E-state index contributed by atoms with van der Waals surface area (Å²) in [5.74, 6) is 5.00. The number of benzene rings is 1. The minimum absolute atomic E-state index is 0.275. The van der Waals surface area contributed by atoms with Crippen molar-refractivity contribution in [1.82, 2.24) is 0 Å². The Morgan fingerprint density at radius 3 is 2.52 bits per heavy atom. The Bertz CT molecular complexity index is 811. The van der Waals surface area contributed by atoms with Crippen LogP contribution >= 0.6 is 23.6 Å². The molecule has 1 aromatic heterocycles. The van der Waals surface area contributed by atoms with Crippen LogP contribution in [0.15, 0.2) is 29.3 Å². The van der Waals surface area contributed by atoms with Gasteiger partial charge in [-0.1, -0.05) is 31.1 Å². The van der Waals surface area contributed by atoms with Gasteiger partial charge in [0, 0.05) is 10.4 Å². The number of aliphatic imine (C=N–C) groups is 1. The minimum Gasteiger partial charge on any atom is -0.204 e. The molecule has 1 heterocycles. The number of hydrogen-bond donors (Lipinski definition) is 0. The molecule has 3 rings (SSSR count). The molecular weight excluding hydrogens is 332 g/mol. The highest BCUT2D eigenvalue weighted by Crippen LogP contribution is 2.31. The zero-order chi connectivity index (χ0) is 16.2. The molecule has 116 valence electrons. The van der Waals surface area contributed by atoms with E-state index >= 15 is 0 Å². The van der Waals surface area contributed by atoms with Crippen LogP contribution in [0, 0.1) is 29.4 Å². The number of thiocarbonyl (C=S) groups is 1. The summed E-state index contributed by atoms with van der Waals surface area (Å²) >= 11 is 6.02. The molecule has 0 saturated heterocycles. The van der Waals surface area contributed by atoms with Gasteiger partial charge in [-0.25, -0.2) is 8.78 Å². The number of halogens is 2. The lowest BCUT2D eigenvalue weighted by Crippen LogP contribution is -2.12. The van der Waals surface area contributed by atoms with E-state index in [-0.39, 0.29) is 5.56 Å². The predicted octanol–water partition coefficient (Wildman–Crippen LogP) is 5.50. The molecule has 0 aliphatic heterocycles. The molecule has 2 aromatic rings. The van der Waals surface area contributed by atoms with Crippen molar-refractivity contribution in [1.29, 1.82) is 0 Å². The third kappa shape index (κ3) is 3.92. The van der Waals surface area contributed by atoms with E-state index in [0.29, 0.717) is 0 Å². The molecule has 0 bridgehead atoms. The van der Waals surface area contributed by atoms with E-state index in [1.54, 1.807) is 11.3 Å². The summed E-state index contributed by atoms with van der Waals surface area (Å²) < 4.78 is 27.5. The van der Waals surface area contributed by atoms with Gasteiger partial charge in [0.05, 0.1) is 10.0 Å². The predicted molar refractivity (Wildman–Crippen MR) is 92.4 cm³/mol. The first-order valence-electron chi connectivity index (χ1n) is 7.33. The van der Waals surface area contributed by atoms with E-state index < -0.39 is 17.3 Å². The molecule has 1 aromatic carbocycles. The molecule has 5 heteroatoms. The van der Waals surface area contributed by atoms with Crippen LogP contribution in [0.1, 0.15) is 34.6 Å². The number of thiophene rings is 1. The van der Waals surface area contributed by atoms with Crippen LogP contribution in [0.5, 0.6) is 0 Å².